The summed E-state index contributed by atoms with van der Waals surface area (Å²) in [5.74, 6) is -3.33. The van der Waals surface area contributed by atoms with Crippen LogP contribution in [0.5, 0.6) is 17.2 Å². The Hall–Kier alpha value is -4.26. The molecule has 0 aromatic heterocycles. The minimum atomic E-state index is -1.11. The van der Waals surface area contributed by atoms with E-state index in [9.17, 15) is 17.6 Å². The van der Waals surface area contributed by atoms with Gasteiger partial charge in [-0.05, 0) is 54.4 Å². The van der Waals surface area contributed by atoms with Crippen LogP contribution in [0.2, 0.25) is 0 Å². The largest absolute Gasteiger partial charge is 0.494 e. The van der Waals surface area contributed by atoms with Gasteiger partial charge in [0, 0.05) is 16.7 Å². The minimum Gasteiger partial charge on any atom is -0.494 e. The molecule has 0 spiro atoms. The third-order valence-electron chi connectivity index (χ3n) is 5.60. The van der Waals surface area contributed by atoms with Crippen LogP contribution < -0.4 is 14.2 Å². The molecule has 7 heteroatoms. The summed E-state index contributed by atoms with van der Waals surface area (Å²) in [6, 6.07) is 18.7. The van der Waals surface area contributed by atoms with Gasteiger partial charge in [-0.15, -0.1) is 0 Å². The van der Waals surface area contributed by atoms with Crippen LogP contribution in [0.1, 0.15) is 12.5 Å². The van der Waals surface area contributed by atoms with Crippen LogP contribution in [-0.2, 0) is 6.61 Å². The third-order valence-corrected chi connectivity index (χ3v) is 5.60. The highest BCUT2D eigenvalue weighted by molar-refractivity contribution is 5.72. The van der Waals surface area contributed by atoms with Crippen LogP contribution in [0.15, 0.2) is 85.5 Å². The van der Waals surface area contributed by atoms with Gasteiger partial charge < -0.3 is 14.2 Å². The molecule has 0 N–H and O–H groups in total. The quantitative estimate of drug-likeness (QED) is 0.160. The molecule has 0 aliphatic rings. The lowest BCUT2D eigenvalue weighted by molar-refractivity contribution is 0.292. The first-order valence-electron chi connectivity index (χ1n) is 11.6. The fourth-order valence-electron chi connectivity index (χ4n) is 3.73. The number of hydrogen-bond acceptors (Lipinski definition) is 3. The number of rotatable bonds is 10. The van der Waals surface area contributed by atoms with Crippen molar-refractivity contribution in [2.75, 3.05) is 13.2 Å². The summed E-state index contributed by atoms with van der Waals surface area (Å²) < 4.78 is 74.4. The van der Waals surface area contributed by atoms with Gasteiger partial charge in [0.2, 0.25) is 5.82 Å². The Morgan fingerprint density at radius 1 is 0.622 bits per heavy atom. The van der Waals surface area contributed by atoms with Gasteiger partial charge in [-0.1, -0.05) is 49.1 Å². The summed E-state index contributed by atoms with van der Waals surface area (Å²) in [6.45, 7) is 5.65. The van der Waals surface area contributed by atoms with Crippen molar-refractivity contribution >= 4 is 0 Å². The molecule has 0 atom stereocenters. The molecule has 4 rings (SSSR count). The average Bonchev–Trinajstić information content (AvgIpc) is 2.92. The topological polar surface area (TPSA) is 27.7 Å². The van der Waals surface area contributed by atoms with Gasteiger partial charge in [0.05, 0.1) is 6.61 Å². The summed E-state index contributed by atoms with van der Waals surface area (Å²) in [6.07, 6.45) is 1.43. The standard InChI is InChI=1S/C30H24F4O3/c1-3-17-36-26-16-9-21(27(31)30(26)34)18-37-23-12-7-20(8-13-23)25-15-14-24(28(32)29(25)33)19-5-10-22(11-6-19)35-4-2/h3,5-16H,1,4,17-18H2,2H3. The van der Waals surface area contributed by atoms with E-state index in [1.165, 1.54) is 30.3 Å². The zero-order chi connectivity index (χ0) is 26.4. The van der Waals surface area contributed by atoms with Crippen molar-refractivity contribution in [1.29, 1.82) is 0 Å². The first-order chi connectivity index (χ1) is 17.9. The number of hydrogen-bond donors (Lipinski definition) is 0. The van der Waals surface area contributed by atoms with Crippen molar-refractivity contribution in [3.8, 4) is 39.5 Å². The number of ether oxygens (including phenoxy) is 3. The predicted molar refractivity (Wildman–Crippen MR) is 135 cm³/mol. The van der Waals surface area contributed by atoms with Crippen molar-refractivity contribution in [3.05, 3.63) is 114 Å². The van der Waals surface area contributed by atoms with E-state index in [-0.39, 0.29) is 35.7 Å². The molecule has 0 bridgehead atoms. The van der Waals surface area contributed by atoms with E-state index in [2.05, 4.69) is 6.58 Å². The van der Waals surface area contributed by atoms with Crippen LogP contribution in [0.25, 0.3) is 22.3 Å². The van der Waals surface area contributed by atoms with Gasteiger partial charge in [-0.25, -0.2) is 13.2 Å². The monoisotopic (exact) mass is 508 g/mol. The molecule has 4 aromatic rings. The second-order valence-electron chi connectivity index (χ2n) is 8.01. The zero-order valence-electron chi connectivity index (χ0n) is 20.1. The lowest BCUT2D eigenvalue weighted by atomic mass is 9.98. The summed E-state index contributed by atoms with van der Waals surface area (Å²) >= 11 is 0. The van der Waals surface area contributed by atoms with Gasteiger partial charge in [0.15, 0.2) is 23.2 Å². The zero-order valence-corrected chi connectivity index (χ0v) is 20.1. The maximum absolute atomic E-state index is 15.0. The Bertz CT molecular complexity index is 1380. The fraction of sp³-hybridized carbons (Fsp3) is 0.133. The third kappa shape index (κ3) is 5.77. The van der Waals surface area contributed by atoms with Crippen molar-refractivity contribution in [1.82, 2.24) is 0 Å². The van der Waals surface area contributed by atoms with Crippen LogP contribution in [-0.4, -0.2) is 13.2 Å². The van der Waals surface area contributed by atoms with Gasteiger partial charge >= 0.3 is 0 Å². The Balaban J connectivity index is 1.47. The van der Waals surface area contributed by atoms with Crippen LogP contribution >= 0.6 is 0 Å². The molecule has 0 amide bonds. The highest BCUT2D eigenvalue weighted by Gasteiger charge is 2.17. The maximum Gasteiger partial charge on any atom is 0.201 e. The number of halogens is 4. The molecule has 3 nitrogen and oxygen atoms in total. The highest BCUT2D eigenvalue weighted by Crippen LogP contribution is 2.33. The number of benzene rings is 4. The molecular formula is C30H24F4O3. The smallest absolute Gasteiger partial charge is 0.201 e. The predicted octanol–water partition coefficient (Wildman–Crippen LogP) is 8.12. The molecule has 190 valence electrons. The van der Waals surface area contributed by atoms with Gasteiger partial charge in [0.25, 0.3) is 0 Å². The molecular weight excluding hydrogens is 484 g/mol. The summed E-state index contributed by atoms with van der Waals surface area (Å²) in [4.78, 5) is 0. The first-order valence-corrected chi connectivity index (χ1v) is 11.6. The maximum atomic E-state index is 15.0. The molecule has 0 fully saturated rings. The molecule has 0 heterocycles. The summed E-state index contributed by atoms with van der Waals surface area (Å²) in [5, 5.41) is 0. The lowest BCUT2D eigenvalue weighted by Crippen LogP contribution is -2.04. The van der Waals surface area contributed by atoms with E-state index in [4.69, 9.17) is 14.2 Å². The van der Waals surface area contributed by atoms with Crippen LogP contribution in [0.4, 0.5) is 17.6 Å². The molecule has 0 unspecified atom stereocenters. The van der Waals surface area contributed by atoms with E-state index in [0.29, 0.717) is 29.2 Å². The molecule has 0 saturated heterocycles. The Kier molecular flexibility index (Phi) is 8.13. The van der Waals surface area contributed by atoms with Crippen LogP contribution in [0.3, 0.4) is 0 Å². The molecule has 4 aromatic carbocycles. The fourth-order valence-corrected chi connectivity index (χ4v) is 3.73. The van der Waals surface area contributed by atoms with E-state index < -0.39 is 23.3 Å². The SMILES string of the molecule is C=CCOc1ccc(COc2ccc(-c3ccc(-c4ccc(OCC)cc4)c(F)c3F)cc2)c(F)c1F. The normalized spacial score (nSPS) is 10.7. The van der Waals surface area contributed by atoms with Crippen LogP contribution in [0, 0.1) is 23.3 Å². The van der Waals surface area contributed by atoms with Gasteiger partial charge in [-0.3, -0.25) is 0 Å². The molecule has 0 aliphatic heterocycles. The van der Waals surface area contributed by atoms with E-state index in [0.717, 1.165) is 0 Å². The van der Waals surface area contributed by atoms with Gasteiger partial charge in [-0.2, -0.15) is 4.39 Å². The Morgan fingerprint density at radius 3 is 1.68 bits per heavy atom. The summed E-state index contributed by atoms with van der Waals surface area (Å²) in [5.41, 5.74) is 1.19. The van der Waals surface area contributed by atoms with E-state index in [1.807, 2.05) is 6.92 Å². The summed E-state index contributed by atoms with van der Waals surface area (Å²) in [7, 11) is 0. The van der Waals surface area contributed by atoms with Crippen molar-refractivity contribution < 1.29 is 31.8 Å². The van der Waals surface area contributed by atoms with Crippen molar-refractivity contribution in [2.24, 2.45) is 0 Å². The molecule has 0 saturated carbocycles. The molecule has 0 aliphatic carbocycles. The second-order valence-corrected chi connectivity index (χ2v) is 8.01. The minimum absolute atomic E-state index is 0.00511. The van der Waals surface area contributed by atoms with Gasteiger partial charge in [0.1, 0.15) is 24.7 Å². The molecule has 37 heavy (non-hydrogen) atoms. The van der Waals surface area contributed by atoms with Crippen molar-refractivity contribution in [3.63, 3.8) is 0 Å². The highest BCUT2D eigenvalue weighted by atomic mass is 19.2. The average molecular weight is 509 g/mol. The second kappa shape index (κ2) is 11.6. The Labute approximate surface area is 212 Å². The lowest BCUT2D eigenvalue weighted by Gasteiger charge is -2.12. The van der Waals surface area contributed by atoms with E-state index in [1.54, 1.807) is 48.5 Å². The molecule has 0 radical (unpaired) electrons. The first kappa shape index (κ1) is 25.8. The Morgan fingerprint density at radius 2 is 1.16 bits per heavy atom. The van der Waals surface area contributed by atoms with E-state index >= 15 is 0 Å². The van der Waals surface area contributed by atoms with Crippen molar-refractivity contribution in [2.45, 2.75) is 13.5 Å².